The van der Waals surface area contributed by atoms with E-state index in [0.717, 1.165) is 5.69 Å². The molecule has 1 aromatic heterocycles. The molecule has 0 radical (unpaired) electrons. The summed E-state index contributed by atoms with van der Waals surface area (Å²) in [5, 5.41) is 5.21. The van der Waals surface area contributed by atoms with Crippen molar-refractivity contribution in [2.75, 3.05) is 18.9 Å². The molecule has 80 valence electrons. The molecule has 4 N–H and O–H groups in total. The van der Waals surface area contributed by atoms with Crippen molar-refractivity contribution in [3.05, 3.63) is 24.0 Å². The fraction of sp³-hybridized carbons (Fsp3) is 0.222. The summed E-state index contributed by atoms with van der Waals surface area (Å²) < 4.78 is 0. The van der Waals surface area contributed by atoms with Gasteiger partial charge in [0, 0.05) is 7.05 Å². The van der Waals surface area contributed by atoms with E-state index in [4.69, 9.17) is 5.73 Å². The van der Waals surface area contributed by atoms with Crippen LogP contribution in [0.3, 0.4) is 0 Å². The molecule has 0 aromatic carbocycles. The molecule has 0 unspecified atom stereocenters. The maximum Gasteiger partial charge on any atom is 0.270 e. The molecule has 1 aromatic rings. The Morgan fingerprint density at radius 3 is 2.67 bits per heavy atom. The molecule has 1 rings (SSSR count). The average molecular weight is 208 g/mol. The van der Waals surface area contributed by atoms with Crippen LogP contribution in [0.4, 0.5) is 5.69 Å². The van der Waals surface area contributed by atoms with Gasteiger partial charge in [0.1, 0.15) is 5.69 Å². The first-order chi connectivity index (χ1) is 7.13. The lowest BCUT2D eigenvalue weighted by atomic mass is 10.3. The second-order valence-corrected chi connectivity index (χ2v) is 2.83. The molecular weight excluding hydrogens is 196 g/mol. The first-order valence-corrected chi connectivity index (χ1v) is 4.34. The highest BCUT2D eigenvalue weighted by molar-refractivity contribution is 5.94. The van der Waals surface area contributed by atoms with E-state index < -0.39 is 11.8 Å². The molecule has 15 heavy (non-hydrogen) atoms. The molecule has 0 aliphatic rings. The van der Waals surface area contributed by atoms with Gasteiger partial charge in [-0.05, 0) is 12.1 Å². The number of carbonyl (C=O) groups is 2. The third-order valence-electron chi connectivity index (χ3n) is 1.71. The first kappa shape index (κ1) is 11.0. The van der Waals surface area contributed by atoms with Crippen LogP contribution in [-0.2, 0) is 4.79 Å². The van der Waals surface area contributed by atoms with Gasteiger partial charge in [-0.1, -0.05) is 0 Å². The zero-order valence-electron chi connectivity index (χ0n) is 8.28. The molecule has 0 bridgehead atoms. The van der Waals surface area contributed by atoms with E-state index in [1.165, 1.54) is 6.20 Å². The number of nitrogens with two attached hydrogens (primary N) is 1. The molecule has 0 aliphatic carbocycles. The zero-order valence-corrected chi connectivity index (χ0v) is 8.28. The summed E-state index contributed by atoms with van der Waals surface area (Å²) in [7, 11) is 1.75. The minimum Gasteiger partial charge on any atom is -0.387 e. The Morgan fingerprint density at radius 2 is 2.20 bits per heavy atom. The number of carbonyl (C=O) groups excluding carboxylic acids is 2. The molecule has 6 nitrogen and oxygen atoms in total. The van der Waals surface area contributed by atoms with Crippen LogP contribution in [0.25, 0.3) is 0 Å². The molecule has 2 amide bonds. The number of aromatic nitrogens is 1. The number of nitrogens with zero attached hydrogens (tertiary/aromatic N) is 1. The Balaban J connectivity index is 2.62. The molecule has 6 heteroatoms. The molecule has 0 spiro atoms. The van der Waals surface area contributed by atoms with Crippen LogP contribution in [0, 0.1) is 0 Å². The Bertz CT molecular complexity index is 361. The van der Waals surface area contributed by atoms with Crippen LogP contribution in [0.1, 0.15) is 10.5 Å². The van der Waals surface area contributed by atoms with E-state index in [2.05, 4.69) is 15.6 Å². The highest BCUT2D eigenvalue weighted by Gasteiger charge is 2.06. The van der Waals surface area contributed by atoms with Crippen LogP contribution in [-0.4, -0.2) is 30.4 Å². The lowest BCUT2D eigenvalue weighted by Crippen LogP contribution is -2.33. The summed E-state index contributed by atoms with van der Waals surface area (Å²) in [6.07, 6.45) is 1.53. The van der Waals surface area contributed by atoms with Crippen molar-refractivity contribution < 1.29 is 9.59 Å². The lowest BCUT2D eigenvalue weighted by molar-refractivity contribution is -0.117. The lowest BCUT2D eigenvalue weighted by Gasteiger charge is -2.03. The molecule has 0 aliphatic heterocycles. The van der Waals surface area contributed by atoms with Gasteiger partial charge < -0.3 is 16.4 Å². The molecule has 0 saturated heterocycles. The van der Waals surface area contributed by atoms with E-state index in [-0.39, 0.29) is 12.2 Å². The number of nitrogens with one attached hydrogen (secondary N) is 2. The third kappa shape index (κ3) is 3.26. The van der Waals surface area contributed by atoms with Crippen LogP contribution < -0.4 is 16.4 Å². The SMILES string of the molecule is CNc1ccc(C(=O)NCC(N)=O)nc1. The van der Waals surface area contributed by atoms with Crippen LogP contribution in [0.2, 0.25) is 0 Å². The summed E-state index contributed by atoms with van der Waals surface area (Å²) in [6, 6.07) is 3.27. The average Bonchev–Trinajstić information content (AvgIpc) is 2.26. The van der Waals surface area contributed by atoms with Crippen molar-refractivity contribution in [1.82, 2.24) is 10.3 Å². The van der Waals surface area contributed by atoms with E-state index in [0.29, 0.717) is 0 Å². The zero-order chi connectivity index (χ0) is 11.3. The summed E-state index contributed by atoms with van der Waals surface area (Å²) >= 11 is 0. The summed E-state index contributed by atoms with van der Waals surface area (Å²) in [6.45, 7) is -0.186. The second-order valence-electron chi connectivity index (χ2n) is 2.83. The summed E-state index contributed by atoms with van der Waals surface area (Å²) in [4.78, 5) is 25.7. The van der Waals surface area contributed by atoms with Gasteiger partial charge >= 0.3 is 0 Å². The predicted molar refractivity (Wildman–Crippen MR) is 55.3 cm³/mol. The molecule has 0 fully saturated rings. The van der Waals surface area contributed by atoms with Gasteiger partial charge in [0.05, 0.1) is 18.4 Å². The monoisotopic (exact) mass is 208 g/mol. The largest absolute Gasteiger partial charge is 0.387 e. The highest BCUT2D eigenvalue weighted by atomic mass is 16.2. The minimum atomic E-state index is -0.588. The number of rotatable bonds is 4. The van der Waals surface area contributed by atoms with Crippen molar-refractivity contribution in [3.8, 4) is 0 Å². The summed E-state index contributed by atoms with van der Waals surface area (Å²) in [5.74, 6) is -1.01. The van der Waals surface area contributed by atoms with E-state index in [1.807, 2.05) is 0 Å². The van der Waals surface area contributed by atoms with Crippen molar-refractivity contribution in [1.29, 1.82) is 0 Å². The van der Waals surface area contributed by atoms with Crippen molar-refractivity contribution in [2.45, 2.75) is 0 Å². The Labute approximate surface area is 86.9 Å². The Kier molecular flexibility index (Phi) is 3.61. The maximum atomic E-state index is 11.3. The van der Waals surface area contributed by atoms with Crippen molar-refractivity contribution in [3.63, 3.8) is 0 Å². The molecule has 1 heterocycles. The van der Waals surface area contributed by atoms with Crippen molar-refractivity contribution >= 4 is 17.5 Å². The van der Waals surface area contributed by atoms with Gasteiger partial charge in [0.25, 0.3) is 5.91 Å². The Hall–Kier alpha value is -2.11. The van der Waals surface area contributed by atoms with Crippen molar-refractivity contribution in [2.24, 2.45) is 5.73 Å². The fourth-order valence-corrected chi connectivity index (χ4v) is 0.934. The van der Waals surface area contributed by atoms with E-state index >= 15 is 0 Å². The van der Waals surface area contributed by atoms with Gasteiger partial charge in [-0.15, -0.1) is 0 Å². The number of hydrogen-bond acceptors (Lipinski definition) is 4. The third-order valence-corrected chi connectivity index (χ3v) is 1.71. The predicted octanol–water partition coefficient (Wildman–Crippen LogP) is -0.662. The van der Waals surface area contributed by atoms with Crippen LogP contribution in [0.5, 0.6) is 0 Å². The summed E-state index contributed by atoms with van der Waals surface area (Å²) in [5.41, 5.74) is 5.93. The molecule has 0 saturated carbocycles. The number of amides is 2. The van der Waals surface area contributed by atoms with Crippen LogP contribution >= 0.6 is 0 Å². The standard InChI is InChI=1S/C9H12N4O2/c1-11-6-2-3-7(12-4-6)9(15)13-5-8(10)14/h2-4,11H,5H2,1H3,(H2,10,14)(H,13,15). The van der Waals surface area contributed by atoms with Gasteiger partial charge in [-0.25, -0.2) is 4.98 Å². The fourth-order valence-electron chi connectivity index (χ4n) is 0.934. The number of anilines is 1. The number of pyridine rings is 1. The maximum absolute atomic E-state index is 11.3. The second kappa shape index (κ2) is 4.94. The normalized spacial score (nSPS) is 9.40. The van der Waals surface area contributed by atoms with Gasteiger partial charge in [0.15, 0.2) is 0 Å². The molecular formula is C9H12N4O2. The minimum absolute atomic E-state index is 0.186. The van der Waals surface area contributed by atoms with E-state index in [1.54, 1.807) is 19.2 Å². The van der Waals surface area contributed by atoms with Gasteiger partial charge in [-0.2, -0.15) is 0 Å². The van der Waals surface area contributed by atoms with Crippen LogP contribution in [0.15, 0.2) is 18.3 Å². The quantitative estimate of drug-likeness (QED) is 0.611. The molecule has 0 atom stereocenters. The smallest absolute Gasteiger partial charge is 0.270 e. The van der Waals surface area contributed by atoms with Gasteiger partial charge in [-0.3, -0.25) is 9.59 Å². The first-order valence-electron chi connectivity index (χ1n) is 4.34. The number of primary amides is 1. The Morgan fingerprint density at radius 1 is 1.47 bits per heavy atom. The van der Waals surface area contributed by atoms with E-state index in [9.17, 15) is 9.59 Å². The highest BCUT2D eigenvalue weighted by Crippen LogP contribution is 2.04. The van der Waals surface area contributed by atoms with Gasteiger partial charge in [0.2, 0.25) is 5.91 Å². The topological polar surface area (TPSA) is 97.1 Å². The number of hydrogen-bond donors (Lipinski definition) is 3.